The Hall–Kier alpha value is -2.06. The number of hydrogen-bond acceptors (Lipinski definition) is 5. The summed E-state index contributed by atoms with van der Waals surface area (Å²) >= 11 is 5.56. The Kier molecular flexibility index (Phi) is 8.32. The first-order valence-corrected chi connectivity index (χ1v) is 9.86. The van der Waals surface area contributed by atoms with E-state index in [-0.39, 0.29) is 23.8 Å². The van der Waals surface area contributed by atoms with Gasteiger partial charge in [0, 0.05) is 44.3 Å². The van der Waals surface area contributed by atoms with Crippen LogP contribution < -0.4 is 20.1 Å². The van der Waals surface area contributed by atoms with Gasteiger partial charge < -0.3 is 29.7 Å². The molecule has 1 saturated heterocycles. The lowest BCUT2D eigenvalue weighted by molar-refractivity contribution is -0.125. The van der Waals surface area contributed by atoms with Crippen LogP contribution in [0.4, 0.5) is 0 Å². The van der Waals surface area contributed by atoms with Crippen LogP contribution in [0.25, 0.3) is 0 Å². The van der Waals surface area contributed by atoms with Crippen molar-refractivity contribution in [3.8, 4) is 11.5 Å². The Balaban J connectivity index is 2.31. The zero-order chi connectivity index (χ0) is 20.7. The maximum atomic E-state index is 12.9. The van der Waals surface area contributed by atoms with Gasteiger partial charge in [0.05, 0.1) is 26.7 Å². The fourth-order valence-electron chi connectivity index (χ4n) is 3.50. The minimum Gasteiger partial charge on any atom is -0.493 e. The lowest BCUT2D eigenvalue weighted by Gasteiger charge is -2.23. The SMILES string of the molecule is COCCNC(=O)[C@H]1CN(C(=S)NC(C)C)C[C@H]1c1cccc(OC)c1OC. The van der Waals surface area contributed by atoms with Gasteiger partial charge in [-0.2, -0.15) is 0 Å². The molecule has 1 aromatic carbocycles. The maximum absolute atomic E-state index is 12.9. The lowest BCUT2D eigenvalue weighted by atomic mass is 9.87. The molecule has 1 aliphatic rings. The maximum Gasteiger partial charge on any atom is 0.225 e. The van der Waals surface area contributed by atoms with Crippen molar-refractivity contribution in [2.75, 3.05) is 47.6 Å². The third kappa shape index (κ3) is 5.26. The molecule has 8 heteroatoms. The van der Waals surface area contributed by atoms with E-state index in [2.05, 4.69) is 15.5 Å². The van der Waals surface area contributed by atoms with Gasteiger partial charge in [-0.05, 0) is 32.1 Å². The molecule has 1 amide bonds. The molecule has 0 bridgehead atoms. The summed E-state index contributed by atoms with van der Waals surface area (Å²) in [6, 6.07) is 5.99. The number of nitrogens with zero attached hydrogens (tertiary/aromatic N) is 1. The van der Waals surface area contributed by atoms with E-state index in [4.69, 9.17) is 26.4 Å². The molecule has 2 N–H and O–H groups in total. The van der Waals surface area contributed by atoms with E-state index in [1.54, 1.807) is 21.3 Å². The summed E-state index contributed by atoms with van der Waals surface area (Å²) in [6.07, 6.45) is 0. The number of hydrogen-bond donors (Lipinski definition) is 2. The first kappa shape index (κ1) is 22.2. The number of rotatable bonds is 8. The highest BCUT2D eigenvalue weighted by Crippen LogP contribution is 2.41. The molecule has 2 rings (SSSR count). The molecular formula is C20H31N3O4S. The fourth-order valence-corrected chi connectivity index (χ4v) is 3.88. The third-order valence-corrected chi connectivity index (χ3v) is 5.17. The van der Waals surface area contributed by atoms with Gasteiger partial charge in [-0.3, -0.25) is 4.79 Å². The van der Waals surface area contributed by atoms with Crippen LogP contribution in [-0.2, 0) is 9.53 Å². The van der Waals surface area contributed by atoms with Gasteiger partial charge in [0.1, 0.15) is 0 Å². The van der Waals surface area contributed by atoms with Crippen molar-refractivity contribution in [1.29, 1.82) is 0 Å². The minimum atomic E-state index is -0.259. The summed E-state index contributed by atoms with van der Waals surface area (Å²) in [5.41, 5.74) is 0.948. The average molecular weight is 410 g/mol. The largest absolute Gasteiger partial charge is 0.493 e. The highest BCUT2D eigenvalue weighted by molar-refractivity contribution is 7.80. The molecule has 1 aliphatic heterocycles. The number of nitrogens with one attached hydrogen (secondary N) is 2. The Labute approximate surface area is 172 Å². The molecule has 1 aromatic rings. The van der Waals surface area contributed by atoms with Crippen molar-refractivity contribution in [2.45, 2.75) is 25.8 Å². The van der Waals surface area contributed by atoms with Crippen molar-refractivity contribution in [3.05, 3.63) is 23.8 Å². The van der Waals surface area contributed by atoms with Gasteiger partial charge in [-0.15, -0.1) is 0 Å². The van der Waals surface area contributed by atoms with Crippen molar-refractivity contribution in [2.24, 2.45) is 5.92 Å². The van der Waals surface area contributed by atoms with Crippen molar-refractivity contribution in [1.82, 2.24) is 15.5 Å². The van der Waals surface area contributed by atoms with Crippen LogP contribution in [0.15, 0.2) is 18.2 Å². The second-order valence-electron chi connectivity index (χ2n) is 7.09. The van der Waals surface area contributed by atoms with Crippen LogP contribution in [0.3, 0.4) is 0 Å². The Morgan fingerprint density at radius 2 is 2.00 bits per heavy atom. The number of amides is 1. The number of carbonyl (C=O) groups is 1. The highest BCUT2D eigenvalue weighted by atomic mass is 32.1. The number of ether oxygens (including phenoxy) is 3. The number of benzene rings is 1. The number of methoxy groups -OCH3 is 3. The van der Waals surface area contributed by atoms with E-state index < -0.39 is 0 Å². The summed E-state index contributed by atoms with van der Waals surface area (Å²) in [5.74, 6) is 0.972. The number of likely N-dealkylation sites (tertiary alicyclic amines) is 1. The summed E-state index contributed by atoms with van der Waals surface area (Å²) < 4.78 is 16.1. The van der Waals surface area contributed by atoms with E-state index in [1.807, 2.05) is 32.0 Å². The van der Waals surface area contributed by atoms with Gasteiger partial charge in [0.2, 0.25) is 5.91 Å². The Morgan fingerprint density at radius 1 is 1.25 bits per heavy atom. The standard InChI is InChI=1S/C20H31N3O4S/c1-13(2)22-20(28)23-11-15(16(12-23)19(24)21-9-10-25-3)14-7-6-8-17(26-4)18(14)27-5/h6-8,13,15-16H,9-12H2,1-5H3,(H,21,24)(H,22,28)/t15-,16-/m0/s1. The first-order valence-electron chi connectivity index (χ1n) is 9.45. The first-order chi connectivity index (χ1) is 13.4. The highest BCUT2D eigenvalue weighted by Gasteiger charge is 2.41. The summed E-state index contributed by atoms with van der Waals surface area (Å²) in [6.45, 7) is 6.21. The molecule has 7 nitrogen and oxygen atoms in total. The van der Waals surface area contributed by atoms with Crippen molar-refractivity contribution >= 4 is 23.2 Å². The zero-order valence-corrected chi connectivity index (χ0v) is 18.1. The number of carbonyl (C=O) groups excluding carboxylic acids is 1. The summed E-state index contributed by atoms with van der Waals surface area (Å²) in [7, 11) is 4.84. The Morgan fingerprint density at radius 3 is 2.61 bits per heavy atom. The topological polar surface area (TPSA) is 72.1 Å². The predicted molar refractivity (Wildman–Crippen MR) is 113 cm³/mol. The van der Waals surface area contributed by atoms with E-state index in [1.165, 1.54) is 0 Å². The van der Waals surface area contributed by atoms with E-state index >= 15 is 0 Å². The fraction of sp³-hybridized carbons (Fsp3) is 0.600. The van der Waals surface area contributed by atoms with E-state index in [0.717, 1.165) is 5.56 Å². The zero-order valence-electron chi connectivity index (χ0n) is 17.3. The lowest BCUT2D eigenvalue weighted by Crippen LogP contribution is -2.42. The average Bonchev–Trinajstić information content (AvgIpc) is 3.12. The van der Waals surface area contributed by atoms with Crippen molar-refractivity contribution in [3.63, 3.8) is 0 Å². The molecule has 0 saturated carbocycles. The Bertz CT molecular complexity index is 683. The monoisotopic (exact) mass is 409 g/mol. The molecule has 28 heavy (non-hydrogen) atoms. The van der Waals surface area contributed by atoms with Gasteiger partial charge in [-0.25, -0.2) is 0 Å². The molecule has 156 valence electrons. The number of thiocarbonyl (C=S) groups is 1. The molecule has 1 fully saturated rings. The molecule has 1 heterocycles. The van der Waals surface area contributed by atoms with Crippen LogP contribution in [-0.4, -0.2) is 69.5 Å². The quantitative estimate of drug-likeness (QED) is 0.501. The predicted octanol–water partition coefficient (Wildman–Crippen LogP) is 1.76. The van der Waals surface area contributed by atoms with Gasteiger partial charge in [0.15, 0.2) is 16.6 Å². The molecule has 0 spiro atoms. The second kappa shape index (κ2) is 10.5. The van der Waals surface area contributed by atoms with Crippen molar-refractivity contribution < 1.29 is 19.0 Å². The van der Waals surface area contributed by atoms with Crippen LogP contribution >= 0.6 is 12.2 Å². The van der Waals surface area contributed by atoms with E-state index in [0.29, 0.717) is 42.9 Å². The van der Waals surface area contributed by atoms with Crippen LogP contribution in [0.5, 0.6) is 11.5 Å². The van der Waals surface area contributed by atoms with Gasteiger partial charge in [0.25, 0.3) is 0 Å². The van der Waals surface area contributed by atoms with Gasteiger partial charge in [-0.1, -0.05) is 12.1 Å². The number of para-hydroxylation sites is 1. The molecule has 0 radical (unpaired) electrons. The van der Waals surface area contributed by atoms with Crippen LogP contribution in [0, 0.1) is 5.92 Å². The van der Waals surface area contributed by atoms with Crippen LogP contribution in [0.1, 0.15) is 25.3 Å². The third-order valence-electron chi connectivity index (χ3n) is 4.79. The molecule has 0 aliphatic carbocycles. The van der Waals surface area contributed by atoms with Crippen LogP contribution in [0.2, 0.25) is 0 Å². The molecule has 2 atom stereocenters. The van der Waals surface area contributed by atoms with E-state index in [9.17, 15) is 4.79 Å². The summed E-state index contributed by atoms with van der Waals surface area (Å²) in [4.78, 5) is 15.0. The minimum absolute atomic E-state index is 0.0123. The van der Waals surface area contributed by atoms with Gasteiger partial charge >= 0.3 is 0 Å². The normalized spacial score (nSPS) is 18.9. The molecular weight excluding hydrogens is 378 g/mol. The second-order valence-corrected chi connectivity index (χ2v) is 7.48. The smallest absolute Gasteiger partial charge is 0.225 e. The molecule has 0 aromatic heterocycles. The summed E-state index contributed by atoms with van der Waals surface area (Å²) in [5, 5.41) is 6.90. The molecule has 0 unspecified atom stereocenters.